The van der Waals surface area contributed by atoms with Gasteiger partial charge < -0.3 is 9.32 Å². The summed E-state index contributed by atoms with van der Waals surface area (Å²) in [4.78, 5) is 34.1. The lowest BCUT2D eigenvalue weighted by Gasteiger charge is -2.16. The van der Waals surface area contributed by atoms with Crippen LogP contribution in [0.5, 0.6) is 0 Å². The molecule has 0 unspecified atom stereocenters. The molecule has 0 fully saturated rings. The fourth-order valence-electron chi connectivity index (χ4n) is 2.28. The highest BCUT2D eigenvalue weighted by Gasteiger charge is 2.16. The number of fused-ring (bicyclic) bond motifs is 1. The molecule has 0 atom stereocenters. The standard InChI is InChI=1S/C17H15N3O3/c1-11-7-13(21)8-16(23-11)17(22)20(2)10-12-9-18-14-5-3-4-6-15(14)19-12/h3-9H,10H2,1-2H3. The zero-order valence-corrected chi connectivity index (χ0v) is 12.8. The number of nitrogens with zero attached hydrogens (tertiary/aromatic N) is 3. The molecule has 6 heteroatoms. The number of para-hydroxylation sites is 2. The van der Waals surface area contributed by atoms with Crippen molar-refractivity contribution in [3.63, 3.8) is 0 Å². The topological polar surface area (TPSA) is 76.3 Å². The highest BCUT2D eigenvalue weighted by Crippen LogP contribution is 2.11. The van der Waals surface area contributed by atoms with Crippen molar-refractivity contribution in [3.8, 4) is 0 Å². The third-order valence-electron chi connectivity index (χ3n) is 3.34. The first-order valence-electron chi connectivity index (χ1n) is 7.11. The summed E-state index contributed by atoms with van der Waals surface area (Å²) in [6.45, 7) is 1.90. The molecule has 3 rings (SSSR count). The highest BCUT2D eigenvalue weighted by atomic mass is 16.3. The molecule has 0 spiro atoms. The van der Waals surface area contributed by atoms with E-state index in [0.717, 1.165) is 11.0 Å². The van der Waals surface area contributed by atoms with Crippen LogP contribution in [0.1, 0.15) is 22.0 Å². The lowest BCUT2D eigenvalue weighted by atomic mass is 10.3. The number of hydrogen-bond acceptors (Lipinski definition) is 5. The van der Waals surface area contributed by atoms with Crippen molar-refractivity contribution in [2.45, 2.75) is 13.5 Å². The second kappa shape index (κ2) is 6.00. The number of amides is 1. The first-order valence-corrected chi connectivity index (χ1v) is 7.11. The van der Waals surface area contributed by atoms with Crippen LogP contribution in [0, 0.1) is 6.92 Å². The van der Waals surface area contributed by atoms with Crippen molar-refractivity contribution in [1.29, 1.82) is 0 Å². The number of aryl methyl sites for hydroxylation is 1. The van der Waals surface area contributed by atoms with Gasteiger partial charge in [0, 0.05) is 19.2 Å². The number of rotatable bonds is 3. The molecule has 0 saturated heterocycles. The van der Waals surface area contributed by atoms with Gasteiger partial charge in [0.15, 0.2) is 11.2 Å². The van der Waals surface area contributed by atoms with Crippen LogP contribution < -0.4 is 5.43 Å². The summed E-state index contributed by atoms with van der Waals surface area (Å²) < 4.78 is 5.32. The number of carbonyl (C=O) groups excluding carboxylic acids is 1. The number of carbonyl (C=O) groups is 1. The van der Waals surface area contributed by atoms with Crippen LogP contribution in [0.2, 0.25) is 0 Å². The van der Waals surface area contributed by atoms with Crippen LogP contribution in [0.4, 0.5) is 0 Å². The van der Waals surface area contributed by atoms with E-state index >= 15 is 0 Å². The Bertz CT molecular complexity index is 934. The molecule has 2 aromatic heterocycles. The quantitative estimate of drug-likeness (QED) is 0.741. The van der Waals surface area contributed by atoms with Crippen molar-refractivity contribution in [3.05, 3.63) is 70.0 Å². The maximum Gasteiger partial charge on any atom is 0.289 e. The van der Waals surface area contributed by atoms with E-state index < -0.39 is 0 Å². The summed E-state index contributed by atoms with van der Waals surface area (Å²) in [5.74, 6) is 0.0479. The van der Waals surface area contributed by atoms with E-state index in [1.807, 2.05) is 24.3 Å². The van der Waals surface area contributed by atoms with Gasteiger partial charge in [0.25, 0.3) is 5.91 Å². The van der Waals surface area contributed by atoms with Crippen molar-refractivity contribution < 1.29 is 9.21 Å². The van der Waals surface area contributed by atoms with Gasteiger partial charge in [-0.1, -0.05) is 12.1 Å². The van der Waals surface area contributed by atoms with Crippen LogP contribution in [-0.2, 0) is 6.54 Å². The molecule has 116 valence electrons. The summed E-state index contributed by atoms with van der Waals surface area (Å²) in [6, 6.07) is 10.1. The molecular weight excluding hydrogens is 294 g/mol. The second-order valence-electron chi connectivity index (χ2n) is 5.28. The highest BCUT2D eigenvalue weighted by molar-refractivity contribution is 5.91. The molecule has 23 heavy (non-hydrogen) atoms. The third kappa shape index (κ3) is 3.26. The number of aromatic nitrogens is 2. The van der Waals surface area contributed by atoms with Crippen LogP contribution in [-0.4, -0.2) is 27.8 Å². The van der Waals surface area contributed by atoms with Crippen molar-refractivity contribution in [1.82, 2.24) is 14.9 Å². The van der Waals surface area contributed by atoms with E-state index in [9.17, 15) is 9.59 Å². The fraction of sp³-hybridized carbons (Fsp3) is 0.176. The normalized spacial score (nSPS) is 10.7. The van der Waals surface area contributed by atoms with E-state index in [2.05, 4.69) is 9.97 Å². The summed E-state index contributed by atoms with van der Waals surface area (Å²) in [5.41, 5.74) is 1.98. The minimum absolute atomic E-state index is 0.0197. The Morgan fingerprint density at radius 2 is 1.96 bits per heavy atom. The molecule has 0 aliphatic rings. The molecule has 0 bridgehead atoms. The first-order chi connectivity index (χ1) is 11.0. The average molecular weight is 309 g/mol. The van der Waals surface area contributed by atoms with Gasteiger partial charge in [-0.3, -0.25) is 14.6 Å². The van der Waals surface area contributed by atoms with Crippen LogP contribution >= 0.6 is 0 Å². The summed E-state index contributed by atoms with van der Waals surface area (Å²) in [7, 11) is 1.63. The Kier molecular flexibility index (Phi) is 3.89. The van der Waals surface area contributed by atoms with Crippen molar-refractivity contribution in [2.24, 2.45) is 0 Å². The molecular formula is C17H15N3O3. The van der Waals surface area contributed by atoms with Crippen LogP contribution in [0.15, 0.2) is 51.8 Å². The Morgan fingerprint density at radius 1 is 1.22 bits per heavy atom. The van der Waals surface area contributed by atoms with Gasteiger partial charge in [-0.05, 0) is 19.1 Å². The van der Waals surface area contributed by atoms with Crippen molar-refractivity contribution >= 4 is 16.9 Å². The molecule has 1 amide bonds. The van der Waals surface area contributed by atoms with Gasteiger partial charge in [-0.2, -0.15) is 0 Å². The first kappa shape index (κ1) is 14.9. The minimum Gasteiger partial charge on any atom is -0.456 e. The molecule has 0 radical (unpaired) electrons. The van der Waals surface area contributed by atoms with E-state index in [-0.39, 0.29) is 23.6 Å². The van der Waals surface area contributed by atoms with Gasteiger partial charge in [-0.25, -0.2) is 4.98 Å². The van der Waals surface area contributed by atoms with E-state index in [1.54, 1.807) is 20.2 Å². The van der Waals surface area contributed by atoms with Gasteiger partial charge in [0.2, 0.25) is 0 Å². The Balaban J connectivity index is 1.83. The van der Waals surface area contributed by atoms with Crippen LogP contribution in [0.25, 0.3) is 11.0 Å². The smallest absolute Gasteiger partial charge is 0.289 e. The monoisotopic (exact) mass is 309 g/mol. The molecule has 2 heterocycles. The maximum atomic E-state index is 12.4. The zero-order valence-electron chi connectivity index (χ0n) is 12.8. The SMILES string of the molecule is Cc1cc(=O)cc(C(=O)N(C)Cc2cnc3ccccc3n2)o1. The van der Waals surface area contributed by atoms with Crippen molar-refractivity contribution in [2.75, 3.05) is 7.05 Å². The molecule has 0 saturated carbocycles. The third-order valence-corrected chi connectivity index (χ3v) is 3.34. The predicted octanol–water partition coefficient (Wildman–Crippen LogP) is 2.16. The summed E-state index contributed by atoms with van der Waals surface area (Å²) in [6.07, 6.45) is 1.64. The van der Waals surface area contributed by atoms with Gasteiger partial charge in [0.1, 0.15) is 5.76 Å². The predicted molar refractivity (Wildman–Crippen MR) is 85.1 cm³/mol. The van der Waals surface area contributed by atoms with Gasteiger partial charge >= 0.3 is 0 Å². The molecule has 6 nitrogen and oxygen atoms in total. The van der Waals surface area contributed by atoms with Gasteiger partial charge in [0.05, 0.1) is 29.5 Å². The molecule has 0 aliphatic heterocycles. The lowest BCUT2D eigenvalue weighted by Crippen LogP contribution is -2.27. The molecule has 3 aromatic rings. The van der Waals surface area contributed by atoms with E-state index in [4.69, 9.17) is 4.42 Å². The molecule has 1 aromatic carbocycles. The fourth-order valence-corrected chi connectivity index (χ4v) is 2.28. The average Bonchev–Trinajstić information content (AvgIpc) is 2.53. The second-order valence-corrected chi connectivity index (χ2v) is 5.28. The number of benzene rings is 1. The molecule has 0 N–H and O–H groups in total. The Labute approximate surface area is 132 Å². The van der Waals surface area contributed by atoms with E-state index in [0.29, 0.717) is 11.5 Å². The van der Waals surface area contributed by atoms with E-state index in [1.165, 1.54) is 17.0 Å². The van der Waals surface area contributed by atoms with Crippen LogP contribution in [0.3, 0.4) is 0 Å². The molecule has 0 aliphatic carbocycles. The largest absolute Gasteiger partial charge is 0.456 e. The lowest BCUT2D eigenvalue weighted by molar-refractivity contribution is 0.0747. The summed E-state index contributed by atoms with van der Waals surface area (Å²) >= 11 is 0. The minimum atomic E-state index is -0.374. The number of hydrogen-bond donors (Lipinski definition) is 0. The van der Waals surface area contributed by atoms with Gasteiger partial charge in [-0.15, -0.1) is 0 Å². The Morgan fingerprint density at radius 3 is 2.70 bits per heavy atom. The maximum absolute atomic E-state index is 12.4. The Hall–Kier alpha value is -3.02. The summed E-state index contributed by atoms with van der Waals surface area (Å²) in [5, 5.41) is 0. The zero-order chi connectivity index (χ0) is 16.4.